The van der Waals surface area contributed by atoms with Crippen LogP contribution in [0.5, 0.6) is 0 Å². The van der Waals surface area contributed by atoms with Gasteiger partial charge in [0.25, 0.3) is 0 Å². The average Bonchev–Trinajstić information content (AvgIpc) is 3.09. The van der Waals surface area contributed by atoms with Crippen molar-refractivity contribution >= 4 is 17.3 Å². The van der Waals surface area contributed by atoms with Gasteiger partial charge in [-0.1, -0.05) is 17.7 Å². The van der Waals surface area contributed by atoms with Crippen molar-refractivity contribution in [3.05, 3.63) is 47.2 Å². The Morgan fingerprint density at radius 2 is 2.04 bits per heavy atom. The van der Waals surface area contributed by atoms with Gasteiger partial charge < -0.3 is 20.9 Å². The molecule has 1 unspecified atom stereocenters. The molecule has 1 aromatic heterocycles. The lowest BCUT2D eigenvalue weighted by Gasteiger charge is -2.34. The molecule has 26 heavy (non-hydrogen) atoms. The topological polar surface area (TPSA) is 62.4 Å². The molecule has 7 heteroatoms. The van der Waals surface area contributed by atoms with E-state index in [1.807, 2.05) is 23.9 Å². The number of halogens is 1. The summed E-state index contributed by atoms with van der Waals surface area (Å²) in [6.45, 7) is 8.35. The van der Waals surface area contributed by atoms with Gasteiger partial charge in [0.1, 0.15) is 0 Å². The molecule has 0 radical (unpaired) electrons. The van der Waals surface area contributed by atoms with Crippen LogP contribution >= 0.6 is 11.6 Å². The summed E-state index contributed by atoms with van der Waals surface area (Å²) in [5.74, 6) is 0. The third kappa shape index (κ3) is 5.20. The van der Waals surface area contributed by atoms with Crippen molar-refractivity contribution in [2.24, 2.45) is 5.73 Å². The molecule has 1 atom stereocenters. The highest BCUT2D eigenvalue weighted by Crippen LogP contribution is 2.24. The van der Waals surface area contributed by atoms with Crippen LogP contribution in [-0.2, 0) is 13.1 Å². The van der Waals surface area contributed by atoms with Gasteiger partial charge in [-0.3, -0.25) is 4.68 Å². The third-order valence-corrected chi connectivity index (χ3v) is 5.18. The maximum atomic E-state index is 6.52. The van der Waals surface area contributed by atoms with Gasteiger partial charge in [-0.2, -0.15) is 5.10 Å². The minimum absolute atomic E-state index is 0.377. The van der Waals surface area contributed by atoms with Crippen molar-refractivity contribution < 1.29 is 0 Å². The summed E-state index contributed by atoms with van der Waals surface area (Å²) in [5, 5.41) is 8.46. The molecule has 2 aromatic rings. The van der Waals surface area contributed by atoms with E-state index in [0.717, 1.165) is 36.8 Å². The second-order valence-corrected chi connectivity index (χ2v) is 7.93. The lowest BCUT2D eigenvalue weighted by Crippen LogP contribution is -2.49. The number of hydrogen-bond donors (Lipinski definition) is 2. The van der Waals surface area contributed by atoms with Crippen molar-refractivity contribution in [3.63, 3.8) is 0 Å². The number of rotatable bonds is 7. The zero-order valence-electron chi connectivity index (χ0n) is 15.7. The van der Waals surface area contributed by atoms with E-state index < -0.39 is 0 Å². The van der Waals surface area contributed by atoms with E-state index in [1.54, 1.807) is 6.20 Å². The highest BCUT2D eigenvalue weighted by atomic mass is 35.5. The summed E-state index contributed by atoms with van der Waals surface area (Å²) in [4.78, 5) is 4.74. The lowest BCUT2D eigenvalue weighted by molar-refractivity contribution is 0.313. The molecule has 0 spiro atoms. The second kappa shape index (κ2) is 8.39. The Kier molecular flexibility index (Phi) is 6.19. The Balaban J connectivity index is 1.52. The summed E-state index contributed by atoms with van der Waals surface area (Å²) >= 11 is 6.52. The van der Waals surface area contributed by atoms with E-state index in [4.69, 9.17) is 17.3 Å². The fourth-order valence-corrected chi connectivity index (χ4v) is 3.49. The van der Waals surface area contributed by atoms with Crippen LogP contribution in [0.3, 0.4) is 0 Å². The highest BCUT2D eigenvalue weighted by molar-refractivity contribution is 6.31. The summed E-state index contributed by atoms with van der Waals surface area (Å²) in [7, 11) is 2.16. The predicted molar refractivity (Wildman–Crippen MR) is 108 cm³/mol. The number of anilines is 1. The molecule has 1 fully saturated rings. The number of nitrogens with zero attached hydrogens (tertiary/aromatic N) is 4. The first-order valence-electron chi connectivity index (χ1n) is 9.12. The molecule has 1 saturated heterocycles. The lowest BCUT2D eigenvalue weighted by atomic mass is 10.0. The van der Waals surface area contributed by atoms with Crippen molar-refractivity contribution in [1.82, 2.24) is 20.0 Å². The van der Waals surface area contributed by atoms with Crippen LogP contribution in [-0.4, -0.2) is 60.0 Å². The molecule has 1 aromatic carbocycles. The van der Waals surface area contributed by atoms with Gasteiger partial charge in [0, 0.05) is 67.9 Å². The molecule has 0 aliphatic carbocycles. The number of benzene rings is 1. The SMILES string of the molecule is CN1CCN(c2ccc(CNCC(C)(N)Cn3cccn3)c(Cl)c2)CC1. The van der Waals surface area contributed by atoms with Crippen LogP contribution < -0.4 is 16.0 Å². The molecular weight excluding hydrogens is 348 g/mol. The molecule has 1 aliphatic heterocycles. The number of piperazine rings is 1. The molecule has 6 nitrogen and oxygen atoms in total. The standard InChI is InChI=1S/C19H29ClN6/c1-19(21,15-26-7-3-6-23-26)14-22-13-16-4-5-17(12-18(16)20)25-10-8-24(2)9-11-25/h3-7,12,22H,8-11,13-15,21H2,1-2H3. The van der Waals surface area contributed by atoms with E-state index >= 15 is 0 Å². The Bertz CT molecular complexity index is 692. The average molecular weight is 377 g/mol. The molecule has 0 bridgehead atoms. The van der Waals surface area contributed by atoms with Crippen molar-refractivity contribution in [2.45, 2.75) is 25.6 Å². The van der Waals surface area contributed by atoms with Crippen LogP contribution in [0.15, 0.2) is 36.7 Å². The zero-order chi connectivity index (χ0) is 18.6. The van der Waals surface area contributed by atoms with Gasteiger partial charge in [0.15, 0.2) is 0 Å². The van der Waals surface area contributed by atoms with Crippen molar-refractivity contribution in [2.75, 3.05) is 44.7 Å². The predicted octanol–water partition coefficient (Wildman–Crippen LogP) is 1.80. The van der Waals surface area contributed by atoms with Gasteiger partial charge in [-0.15, -0.1) is 0 Å². The van der Waals surface area contributed by atoms with Crippen LogP contribution in [0.4, 0.5) is 5.69 Å². The number of hydrogen-bond acceptors (Lipinski definition) is 5. The number of likely N-dealkylation sites (N-methyl/N-ethyl adjacent to an activating group) is 1. The maximum absolute atomic E-state index is 6.52. The van der Waals surface area contributed by atoms with Crippen LogP contribution in [0.2, 0.25) is 5.02 Å². The molecule has 1 aliphatic rings. The van der Waals surface area contributed by atoms with Crippen molar-refractivity contribution in [1.29, 1.82) is 0 Å². The summed E-state index contributed by atoms with van der Waals surface area (Å²) in [6.07, 6.45) is 3.70. The normalized spacial score (nSPS) is 18.1. The van der Waals surface area contributed by atoms with Gasteiger partial charge in [-0.05, 0) is 37.7 Å². The molecular formula is C19H29ClN6. The fraction of sp³-hybridized carbons (Fsp3) is 0.526. The quantitative estimate of drug-likeness (QED) is 0.771. The summed E-state index contributed by atoms with van der Waals surface area (Å²) < 4.78 is 1.86. The molecule has 3 N–H and O–H groups in total. The van der Waals surface area contributed by atoms with Gasteiger partial charge in [-0.25, -0.2) is 0 Å². The fourth-order valence-electron chi connectivity index (χ4n) is 3.24. The van der Waals surface area contributed by atoms with E-state index in [-0.39, 0.29) is 5.54 Å². The minimum Gasteiger partial charge on any atom is -0.369 e. The summed E-state index contributed by atoms with van der Waals surface area (Å²) in [5.41, 5.74) is 8.30. The van der Waals surface area contributed by atoms with Crippen LogP contribution in [0.1, 0.15) is 12.5 Å². The van der Waals surface area contributed by atoms with E-state index in [9.17, 15) is 0 Å². The van der Waals surface area contributed by atoms with E-state index in [0.29, 0.717) is 19.6 Å². The first kappa shape index (κ1) is 19.2. The number of nitrogens with one attached hydrogen (secondary N) is 1. The Morgan fingerprint density at radius 1 is 1.27 bits per heavy atom. The van der Waals surface area contributed by atoms with Gasteiger partial charge >= 0.3 is 0 Å². The first-order valence-corrected chi connectivity index (χ1v) is 9.50. The highest BCUT2D eigenvalue weighted by Gasteiger charge is 2.19. The Morgan fingerprint density at radius 3 is 2.69 bits per heavy atom. The van der Waals surface area contributed by atoms with Crippen LogP contribution in [0, 0.1) is 0 Å². The smallest absolute Gasteiger partial charge is 0.0598 e. The molecule has 0 amide bonds. The number of nitrogens with two attached hydrogens (primary N) is 1. The maximum Gasteiger partial charge on any atom is 0.0598 e. The largest absolute Gasteiger partial charge is 0.369 e. The number of aromatic nitrogens is 2. The zero-order valence-corrected chi connectivity index (χ0v) is 16.4. The van der Waals surface area contributed by atoms with Gasteiger partial charge in [0.05, 0.1) is 6.54 Å². The van der Waals surface area contributed by atoms with Crippen LogP contribution in [0.25, 0.3) is 0 Å². The molecule has 3 rings (SSSR count). The monoisotopic (exact) mass is 376 g/mol. The van der Waals surface area contributed by atoms with E-state index in [1.165, 1.54) is 5.69 Å². The van der Waals surface area contributed by atoms with Gasteiger partial charge in [0.2, 0.25) is 0 Å². The third-order valence-electron chi connectivity index (χ3n) is 4.83. The summed E-state index contributed by atoms with van der Waals surface area (Å²) in [6, 6.07) is 8.27. The Hall–Kier alpha value is -1.60. The van der Waals surface area contributed by atoms with Crippen molar-refractivity contribution in [3.8, 4) is 0 Å². The first-order chi connectivity index (χ1) is 12.4. The van der Waals surface area contributed by atoms with E-state index in [2.05, 4.69) is 45.5 Å². The Labute approximate surface area is 160 Å². The molecule has 142 valence electrons. The molecule has 0 saturated carbocycles. The molecule has 2 heterocycles. The second-order valence-electron chi connectivity index (χ2n) is 7.53. The minimum atomic E-state index is -0.377.